The second-order valence-electron chi connectivity index (χ2n) is 8.41. The monoisotopic (exact) mass is 444 g/mol. The molecule has 0 fully saturated rings. The Kier molecular flexibility index (Phi) is 12.6. The molecule has 0 aromatic heterocycles. The quantitative estimate of drug-likeness (QED) is 0.131. The molecule has 1 rings (SSSR count). The fourth-order valence-corrected chi connectivity index (χ4v) is 3.36. The lowest BCUT2D eigenvalue weighted by Gasteiger charge is -2.25. The molecule has 0 radical (unpaired) electrons. The van der Waals surface area contributed by atoms with E-state index in [4.69, 9.17) is 11.6 Å². The molecule has 172 valence electrons. The van der Waals surface area contributed by atoms with Gasteiger partial charge in [-0.05, 0) is 65.0 Å². The average Bonchev–Trinajstić information content (AvgIpc) is 2.71. The van der Waals surface area contributed by atoms with Gasteiger partial charge in [0, 0.05) is 30.2 Å². The molecule has 0 amide bonds. The van der Waals surface area contributed by atoms with Crippen molar-refractivity contribution in [3.63, 3.8) is 0 Å². The maximum Gasteiger partial charge on any atom is 0.0957 e. The second kappa shape index (κ2) is 14.6. The average molecular weight is 445 g/mol. The minimum absolute atomic E-state index is 0.183. The normalized spacial score (nSPS) is 12.4. The maximum atomic E-state index is 6.18. The minimum Gasteiger partial charge on any atom is -0.372 e. The van der Waals surface area contributed by atoms with Gasteiger partial charge in [-0.15, -0.1) is 18.2 Å². The molecule has 0 aliphatic carbocycles. The smallest absolute Gasteiger partial charge is 0.0957 e. The van der Waals surface area contributed by atoms with Crippen molar-refractivity contribution in [2.45, 2.75) is 65.0 Å². The molecule has 31 heavy (non-hydrogen) atoms. The fraction of sp³-hybridized carbons (Fsp3) is 0.462. The molecule has 0 heterocycles. The van der Waals surface area contributed by atoms with Gasteiger partial charge >= 0.3 is 0 Å². The van der Waals surface area contributed by atoms with Crippen LogP contribution < -0.4 is 21.3 Å². The summed E-state index contributed by atoms with van der Waals surface area (Å²) in [5, 5.41) is 13.5. The Morgan fingerprint density at radius 3 is 2.19 bits per heavy atom. The number of nitrogens with one attached hydrogen (secondary N) is 4. The molecule has 0 spiro atoms. The highest BCUT2D eigenvalue weighted by atomic mass is 35.5. The van der Waals surface area contributed by atoms with Gasteiger partial charge in [0.2, 0.25) is 0 Å². The molecule has 4 N–H and O–H groups in total. The minimum atomic E-state index is 0.183. The van der Waals surface area contributed by atoms with Crippen LogP contribution in [0.2, 0.25) is 0 Å². The van der Waals surface area contributed by atoms with Crippen LogP contribution in [0, 0.1) is 6.92 Å². The Labute approximate surface area is 194 Å². The molecule has 2 atom stereocenters. The third-order valence-corrected chi connectivity index (χ3v) is 5.40. The van der Waals surface area contributed by atoms with Gasteiger partial charge in [-0.1, -0.05) is 48.6 Å². The number of alkyl halides is 1. The summed E-state index contributed by atoms with van der Waals surface area (Å²) >= 11 is 6.18. The number of benzene rings is 1. The standard InChI is InChI=1S/C26H41ClN4/c1-19(2)11-16-26(20(3)4)31-23(7)30-25(18-27)10-8-9-17-28-22(6)29-24-14-12-21(5)13-15-24/h12-15,25-26,28-31H,1,3,6-11,16-18H2,2,4-5H3/t25?,26-/m0/s1. The van der Waals surface area contributed by atoms with Crippen LogP contribution in [0.15, 0.2) is 73.4 Å². The van der Waals surface area contributed by atoms with Crippen molar-refractivity contribution in [1.29, 1.82) is 0 Å². The van der Waals surface area contributed by atoms with E-state index in [0.29, 0.717) is 5.88 Å². The van der Waals surface area contributed by atoms with E-state index in [-0.39, 0.29) is 12.1 Å². The number of aryl methyl sites for hydroxylation is 1. The van der Waals surface area contributed by atoms with Crippen LogP contribution in [-0.4, -0.2) is 24.5 Å². The first-order chi connectivity index (χ1) is 14.7. The number of allylic oxidation sites excluding steroid dienone is 1. The van der Waals surface area contributed by atoms with E-state index in [1.807, 2.05) is 6.92 Å². The third kappa shape index (κ3) is 12.2. The summed E-state index contributed by atoms with van der Waals surface area (Å²) in [6.07, 6.45) is 5.00. The predicted octanol–water partition coefficient (Wildman–Crippen LogP) is 6.20. The highest BCUT2D eigenvalue weighted by Crippen LogP contribution is 2.13. The van der Waals surface area contributed by atoms with Gasteiger partial charge < -0.3 is 21.3 Å². The van der Waals surface area contributed by atoms with Crippen LogP contribution in [0.1, 0.15) is 51.5 Å². The Hall–Kier alpha value is -2.33. The zero-order valence-corrected chi connectivity index (χ0v) is 20.4. The molecule has 0 aliphatic rings. The van der Waals surface area contributed by atoms with E-state index in [2.05, 4.69) is 85.7 Å². The number of hydrogen-bond acceptors (Lipinski definition) is 4. The van der Waals surface area contributed by atoms with Gasteiger partial charge in [-0.2, -0.15) is 0 Å². The highest BCUT2D eigenvalue weighted by Gasteiger charge is 2.13. The molecule has 1 unspecified atom stereocenters. The predicted molar refractivity (Wildman–Crippen MR) is 138 cm³/mol. The maximum absolute atomic E-state index is 6.18. The van der Waals surface area contributed by atoms with Gasteiger partial charge in [-0.25, -0.2) is 0 Å². The van der Waals surface area contributed by atoms with Crippen LogP contribution in [0.25, 0.3) is 0 Å². The Balaban J connectivity index is 2.27. The zero-order valence-electron chi connectivity index (χ0n) is 19.6. The van der Waals surface area contributed by atoms with Crippen LogP contribution >= 0.6 is 11.6 Å². The zero-order chi connectivity index (χ0) is 23.2. The summed E-state index contributed by atoms with van der Waals surface area (Å²) in [7, 11) is 0. The van der Waals surface area contributed by atoms with Crippen molar-refractivity contribution in [3.8, 4) is 0 Å². The van der Waals surface area contributed by atoms with Crippen molar-refractivity contribution in [2.75, 3.05) is 17.7 Å². The summed E-state index contributed by atoms with van der Waals surface area (Å²) < 4.78 is 0. The number of hydrogen-bond donors (Lipinski definition) is 4. The number of rotatable bonds is 17. The van der Waals surface area contributed by atoms with Crippen LogP contribution in [0.4, 0.5) is 5.69 Å². The van der Waals surface area contributed by atoms with Crippen molar-refractivity contribution in [3.05, 3.63) is 78.9 Å². The first-order valence-corrected chi connectivity index (χ1v) is 11.6. The molecular weight excluding hydrogens is 404 g/mol. The molecule has 1 aromatic rings. The van der Waals surface area contributed by atoms with E-state index < -0.39 is 0 Å². The van der Waals surface area contributed by atoms with Crippen LogP contribution in [0.5, 0.6) is 0 Å². The second-order valence-corrected chi connectivity index (χ2v) is 8.71. The summed E-state index contributed by atoms with van der Waals surface area (Å²) in [6, 6.07) is 8.63. The van der Waals surface area contributed by atoms with E-state index in [1.54, 1.807) is 0 Å². The highest BCUT2D eigenvalue weighted by molar-refractivity contribution is 6.18. The van der Waals surface area contributed by atoms with Gasteiger partial charge in [0.15, 0.2) is 0 Å². The van der Waals surface area contributed by atoms with Gasteiger partial charge in [-0.3, -0.25) is 0 Å². The van der Waals surface area contributed by atoms with Crippen molar-refractivity contribution >= 4 is 17.3 Å². The van der Waals surface area contributed by atoms with Crippen LogP contribution in [0.3, 0.4) is 0 Å². The van der Waals surface area contributed by atoms with Crippen molar-refractivity contribution in [1.82, 2.24) is 16.0 Å². The SMILES string of the molecule is C=C(C)CC[C@H](NC(=C)NC(CCl)CCCCNC(=C)Nc1ccc(C)cc1)C(=C)C. The molecule has 1 aromatic carbocycles. The fourth-order valence-electron chi connectivity index (χ4n) is 3.13. The number of halogens is 1. The van der Waals surface area contributed by atoms with E-state index in [0.717, 1.165) is 61.6 Å². The number of unbranched alkanes of at least 4 members (excludes halogenated alkanes) is 1. The first-order valence-electron chi connectivity index (χ1n) is 11.1. The van der Waals surface area contributed by atoms with Crippen molar-refractivity contribution < 1.29 is 0 Å². The van der Waals surface area contributed by atoms with Gasteiger partial charge in [0.25, 0.3) is 0 Å². The topological polar surface area (TPSA) is 48.1 Å². The summed E-state index contributed by atoms with van der Waals surface area (Å²) in [5.41, 5.74) is 4.55. The summed E-state index contributed by atoms with van der Waals surface area (Å²) in [5.74, 6) is 2.16. The Morgan fingerprint density at radius 1 is 0.935 bits per heavy atom. The molecule has 0 saturated heterocycles. The lowest BCUT2D eigenvalue weighted by molar-refractivity contribution is 0.488. The Bertz CT molecular complexity index is 723. The summed E-state index contributed by atoms with van der Waals surface area (Å²) in [6.45, 7) is 23.3. The van der Waals surface area contributed by atoms with Gasteiger partial charge in [0.1, 0.15) is 0 Å². The first kappa shape index (κ1) is 26.7. The molecule has 0 aliphatic heterocycles. The lowest BCUT2D eigenvalue weighted by Crippen LogP contribution is -2.40. The van der Waals surface area contributed by atoms with Crippen LogP contribution in [-0.2, 0) is 0 Å². The molecule has 0 saturated carbocycles. The molecule has 0 bridgehead atoms. The Morgan fingerprint density at radius 2 is 1.61 bits per heavy atom. The molecule has 4 nitrogen and oxygen atoms in total. The van der Waals surface area contributed by atoms with Gasteiger partial charge in [0.05, 0.1) is 11.6 Å². The molecule has 5 heteroatoms. The van der Waals surface area contributed by atoms with Crippen molar-refractivity contribution in [2.24, 2.45) is 0 Å². The van der Waals surface area contributed by atoms with E-state index >= 15 is 0 Å². The van der Waals surface area contributed by atoms with E-state index in [1.165, 1.54) is 11.1 Å². The number of anilines is 1. The van der Waals surface area contributed by atoms with E-state index in [9.17, 15) is 0 Å². The summed E-state index contributed by atoms with van der Waals surface area (Å²) in [4.78, 5) is 0. The lowest BCUT2D eigenvalue weighted by atomic mass is 10.0. The third-order valence-electron chi connectivity index (χ3n) is 5.03. The largest absolute Gasteiger partial charge is 0.372 e. The molecular formula is C26H41ClN4.